The van der Waals surface area contributed by atoms with Crippen LogP contribution in [0.1, 0.15) is 18.4 Å². The highest BCUT2D eigenvalue weighted by atomic mass is 32.2. The van der Waals surface area contributed by atoms with Gasteiger partial charge in [-0.25, -0.2) is 8.42 Å². The second kappa shape index (κ2) is 6.60. The third-order valence-corrected chi connectivity index (χ3v) is 7.61. The lowest BCUT2D eigenvalue weighted by Gasteiger charge is -2.40. The molecule has 0 amide bonds. The van der Waals surface area contributed by atoms with Gasteiger partial charge in [0.25, 0.3) is 10.0 Å². The number of nitrogens with zero attached hydrogens (tertiary/aromatic N) is 3. The fourth-order valence-electron chi connectivity index (χ4n) is 4.40. The first-order valence-electron chi connectivity index (χ1n) is 9.61. The van der Waals surface area contributed by atoms with Crippen LogP contribution in [0.15, 0.2) is 59.6 Å². The fourth-order valence-corrected chi connectivity index (χ4v) is 6.09. The number of aromatic nitrogens is 1. The minimum Gasteiger partial charge on any atom is -0.365 e. The molecule has 3 heterocycles. The van der Waals surface area contributed by atoms with Gasteiger partial charge in [-0.15, -0.1) is 0 Å². The van der Waals surface area contributed by atoms with Gasteiger partial charge < -0.3 is 4.90 Å². The summed E-state index contributed by atoms with van der Waals surface area (Å²) in [6, 6.07) is 11.5. The summed E-state index contributed by atoms with van der Waals surface area (Å²) in [5, 5.41) is 0.686. The molecule has 0 radical (unpaired) electrons. The number of sulfonamides is 1. The average Bonchev–Trinajstić information content (AvgIpc) is 3.20. The monoisotopic (exact) mass is 433 g/mol. The van der Waals surface area contributed by atoms with Crippen molar-refractivity contribution in [3.63, 3.8) is 0 Å². The Kier molecular flexibility index (Phi) is 4.22. The molecule has 0 bridgehead atoms. The van der Waals surface area contributed by atoms with Gasteiger partial charge in [0, 0.05) is 24.2 Å². The number of pyridine rings is 1. The molecule has 0 N–H and O–H groups in total. The molecule has 30 heavy (non-hydrogen) atoms. The van der Waals surface area contributed by atoms with Gasteiger partial charge in [-0.05, 0) is 43.2 Å². The van der Waals surface area contributed by atoms with Crippen molar-refractivity contribution in [3.8, 4) is 0 Å². The maximum Gasteiger partial charge on any atom is 0.416 e. The third kappa shape index (κ3) is 2.91. The van der Waals surface area contributed by atoms with E-state index in [1.54, 1.807) is 24.3 Å². The standard InChI is InChI=1S/C21H18F3N3O2S/c22-21(23,24)15-8-9-17-18(12-15)26-11-3-6-16(26)13-27(17)30(28,29)19-7-1-4-14-5-2-10-25-20(14)19/h1-2,4-5,7-10,12,16H,3,6,11,13H2/t16-/m1/s1. The van der Waals surface area contributed by atoms with Gasteiger partial charge in [-0.2, -0.15) is 13.2 Å². The molecule has 9 heteroatoms. The zero-order valence-corrected chi connectivity index (χ0v) is 16.6. The first kappa shape index (κ1) is 19.2. The Hall–Kier alpha value is -2.81. The Morgan fingerprint density at radius 2 is 1.83 bits per heavy atom. The molecule has 0 spiro atoms. The van der Waals surface area contributed by atoms with Crippen LogP contribution in [0.5, 0.6) is 0 Å². The van der Waals surface area contributed by atoms with Crippen LogP contribution in [0.4, 0.5) is 24.5 Å². The van der Waals surface area contributed by atoms with Crippen molar-refractivity contribution < 1.29 is 21.6 Å². The molecule has 0 saturated carbocycles. The molecular weight excluding hydrogens is 415 g/mol. The number of fused-ring (bicyclic) bond motifs is 4. The second-order valence-electron chi connectivity index (χ2n) is 7.56. The highest BCUT2D eigenvalue weighted by molar-refractivity contribution is 7.93. The lowest BCUT2D eigenvalue weighted by Crippen LogP contribution is -2.48. The van der Waals surface area contributed by atoms with E-state index in [2.05, 4.69) is 4.98 Å². The van der Waals surface area contributed by atoms with Crippen molar-refractivity contribution in [2.24, 2.45) is 0 Å². The molecule has 156 valence electrons. The van der Waals surface area contributed by atoms with E-state index in [0.29, 0.717) is 23.1 Å². The van der Waals surface area contributed by atoms with Crippen LogP contribution in [0.3, 0.4) is 0 Å². The van der Waals surface area contributed by atoms with Gasteiger partial charge in [0.1, 0.15) is 4.90 Å². The lowest BCUT2D eigenvalue weighted by molar-refractivity contribution is -0.137. The van der Waals surface area contributed by atoms with Crippen molar-refractivity contribution in [1.29, 1.82) is 0 Å². The van der Waals surface area contributed by atoms with Crippen molar-refractivity contribution in [2.75, 3.05) is 22.3 Å². The molecular formula is C21H18F3N3O2S. The number of halogens is 3. The van der Waals surface area contributed by atoms with Crippen LogP contribution in [-0.4, -0.2) is 32.5 Å². The Morgan fingerprint density at radius 1 is 1.03 bits per heavy atom. The lowest BCUT2D eigenvalue weighted by atomic mass is 10.1. The molecule has 2 aromatic carbocycles. The Labute approximate surface area is 171 Å². The predicted molar refractivity (Wildman–Crippen MR) is 108 cm³/mol. The van der Waals surface area contributed by atoms with E-state index in [4.69, 9.17) is 0 Å². The SMILES string of the molecule is O=S(=O)(c1cccc2cccnc12)N1C[C@H]2CCCN2c2cc(C(F)(F)F)ccc21. The second-order valence-corrected chi connectivity index (χ2v) is 9.39. The van der Waals surface area contributed by atoms with Gasteiger partial charge in [0.05, 0.1) is 29.0 Å². The van der Waals surface area contributed by atoms with Crippen molar-refractivity contribution >= 4 is 32.3 Å². The number of benzene rings is 2. The quantitative estimate of drug-likeness (QED) is 0.600. The van der Waals surface area contributed by atoms with Crippen LogP contribution in [0, 0.1) is 0 Å². The highest BCUT2D eigenvalue weighted by Crippen LogP contribution is 2.45. The van der Waals surface area contributed by atoms with E-state index >= 15 is 0 Å². The molecule has 0 unspecified atom stereocenters. The first-order chi connectivity index (χ1) is 14.3. The van der Waals surface area contributed by atoms with Crippen molar-refractivity contribution in [3.05, 3.63) is 60.3 Å². The maximum atomic E-state index is 13.7. The number of alkyl halides is 3. The van der Waals surface area contributed by atoms with Gasteiger partial charge in [0.2, 0.25) is 0 Å². The van der Waals surface area contributed by atoms with E-state index in [-0.39, 0.29) is 23.2 Å². The fraction of sp³-hybridized carbons (Fsp3) is 0.286. The Morgan fingerprint density at radius 3 is 2.63 bits per heavy atom. The van der Waals surface area contributed by atoms with Crippen LogP contribution in [-0.2, 0) is 16.2 Å². The highest BCUT2D eigenvalue weighted by Gasteiger charge is 2.41. The molecule has 3 aromatic rings. The minimum atomic E-state index is -4.50. The van der Waals surface area contributed by atoms with Gasteiger partial charge in [-0.3, -0.25) is 9.29 Å². The predicted octanol–water partition coefficient (Wildman–Crippen LogP) is 4.43. The molecule has 0 aliphatic carbocycles. The molecule has 1 aromatic heterocycles. The normalized spacial score (nSPS) is 19.1. The van der Waals surface area contributed by atoms with Crippen LogP contribution in [0.25, 0.3) is 10.9 Å². The summed E-state index contributed by atoms with van der Waals surface area (Å²) in [6.45, 7) is 0.812. The number of rotatable bonds is 2. The number of hydrogen-bond acceptors (Lipinski definition) is 4. The molecule has 1 atom stereocenters. The molecule has 1 saturated heterocycles. The summed E-state index contributed by atoms with van der Waals surface area (Å²) in [5.41, 5.74) is 0.157. The van der Waals surface area contributed by atoms with Gasteiger partial charge >= 0.3 is 6.18 Å². The summed E-state index contributed by atoms with van der Waals surface area (Å²) < 4.78 is 68.5. The van der Waals surface area contributed by atoms with Gasteiger partial charge in [0.15, 0.2) is 0 Å². The van der Waals surface area contributed by atoms with Crippen LogP contribution in [0.2, 0.25) is 0 Å². The van der Waals surface area contributed by atoms with Crippen molar-refractivity contribution in [1.82, 2.24) is 4.98 Å². The molecule has 1 fully saturated rings. The number of anilines is 2. The molecule has 2 aliphatic heterocycles. The Balaban J connectivity index is 1.69. The maximum absolute atomic E-state index is 13.7. The molecule has 5 nitrogen and oxygen atoms in total. The minimum absolute atomic E-state index is 0.0536. The largest absolute Gasteiger partial charge is 0.416 e. The summed E-state index contributed by atoms with van der Waals surface area (Å²) in [6.07, 6.45) is -1.43. The van der Waals surface area contributed by atoms with Gasteiger partial charge in [-0.1, -0.05) is 18.2 Å². The van der Waals surface area contributed by atoms with E-state index in [1.807, 2.05) is 4.90 Å². The first-order valence-corrected chi connectivity index (χ1v) is 11.1. The van der Waals surface area contributed by atoms with E-state index in [1.165, 1.54) is 22.6 Å². The summed E-state index contributed by atoms with van der Waals surface area (Å²) in [5.74, 6) is 0. The zero-order valence-electron chi connectivity index (χ0n) is 15.8. The van der Waals surface area contributed by atoms with Crippen LogP contribution < -0.4 is 9.21 Å². The topological polar surface area (TPSA) is 53.5 Å². The van der Waals surface area contributed by atoms with Crippen molar-refractivity contribution in [2.45, 2.75) is 30.0 Å². The smallest absolute Gasteiger partial charge is 0.365 e. The van der Waals surface area contributed by atoms with E-state index in [9.17, 15) is 21.6 Å². The number of hydrogen-bond donors (Lipinski definition) is 0. The molecule has 2 aliphatic rings. The third-order valence-electron chi connectivity index (χ3n) is 5.80. The van der Waals surface area contributed by atoms with E-state index < -0.39 is 21.8 Å². The average molecular weight is 433 g/mol. The summed E-state index contributed by atoms with van der Waals surface area (Å²) in [7, 11) is -4.03. The van der Waals surface area contributed by atoms with Crippen LogP contribution >= 0.6 is 0 Å². The summed E-state index contributed by atoms with van der Waals surface area (Å²) >= 11 is 0. The van der Waals surface area contributed by atoms with E-state index in [0.717, 1.165) is 25.0 Å². The summed E-state index contributed by atoms with van der Waals surface area (Å²) in [4.78, 5) is 6.20. The number of para-hydroxylation sites is 1. The zero-order chi connectivity index (χ0) is 21.1. The molecule has 5 rings (SSSR count). The Bertz CT molecular complexity index is 1240.